The molecule has 0 aromatic heterocycles. The molecule has 1 N–H and O–H groups in total. The van der Waals surface area contributed by atoms with E-state index >= 15 is 0 Å². The standard InChI is InChI=1S/C15H29NO5/c1-7-8-15(11-19-5,13(18)20-6)10-16-9-12(17)21-14(2,3)4/h16H,7-11H2,1-6H3. The third kappa shape index (κ3) is 7.43. The van der Waals surface area contributed by atoms with Crippen molar-refractivity contribution in [3.05, 3.63) is 0 Å². The Labute approximate surface area is 127 Å². The van der Waals surface area contributed by atoms with Gasteiger partial charge in [0.1, 0.15) is 11.0 Å². The molecule has 1 unspecified atom stereocenters. The van der Waals surface area contributed by atoms with E-state index in [0.717, 1.165) is 6.42 Å². The van der Waals surface area contributed by atoms with Crippen molar-refractivity contribution < 1.29 is 23.8 Å². The quantitative estimate of drug-likeness (QED) is 0.651. The van der Waals surface area contributed by atoms with Gasteiger partial charge in [0, 0.05) is 13.7 Å². The van der Waals surface area contributed by atoms with Crippen LogP contribution < -0.4 is 5.32 Å². The zero-order chi connectivity index (χ0) is 16.5. The predicted molar refractivity (Wildman–Crippen MR) is 79.9 cm³/mol. The van der Waals surface area contributed by atoms with Crippen LogP contribution in [0.4, 0.5) is 0 Å². The number of hydrogen-bond donors (Lipinski definition) is 1. The second-order valence-corrected chi connectivity index (χ2v) is 6.14. The van der Waals surface area contributed by atoms with Gasteiger partial charge in [-0.05, 0) is 27.2 Å². The van der Waals surface area contributed by atoms with Crippen LogP contribution in [-0.2, 0) is 23.8 Å². The molecule has 0 saturated heterocycles. The minimum Gasteiger partial charge on any atom is -0.468 e. The van der Waals surface area contributed by atoms with Crippen molar-refractivity contribution in [2.24, 2.45) is 5.41 Å². The second-order valence-electron chi connectivity index (χ2n) is 6.14. The number of rotatable bonds is 9. The molecule has 0 fully saturated rings. The molecule has 0 rings (SSSR count). The first kappa shape index (κ1) is 19.9. The molecule has 6 nitrogen and oxygen atoms in total. The molecule has 0 radical (unpaired) electrons. The van der Waals surface area contributed by atoms with E-state index < -0.39 is 11.0 Å². The number of ether oxygens (including phenoxy) is 3. The lowest BCUT2D eigenvalue weighted by atomic mass is 9.84. The van der Waals surface area contributed by atoms with E-state index in [0.29, 0.717) is 13.0 Å². The lowest BCUT2D eigenvalue weighted by molar-refractivity contribution is -0.158. The Hall–Kier alpha value is -1.14. The summed E-state index contributed by atoms with van der Waals surface area (Å²) in [5.74, 6) is -0.682. The highest BCUT2D eigenvalue weighted by Gasteiger charge is 2.38. The largest absolute Gasteiger partial charge is 0.468 e. The summed E-state index contributed by atoms with van der Waals surface area (Å²) in [6, 6.07) is 0. The van der Waals surface area contributed by atoms with Crippen LogP contribution in [0.5, 0.6) is 0 Å². The molecule has 0 aliphatic heterocycles. The molecule has 1 atom stereocenters. The Balaban J connectivity index is 4.61. The summed E-state index contributed by atoms with van der Waals surface area (Å²) >= 11 is 0. The third-order valence-electron chi connectivity index (χ3n) is 2.92. The van der Waals surface area contributed by atoms with Crippen LogP contribution in [0, 0.1) is 5.41 Å². The second kappa shape index (κ2) is 9.00. The summed E-state index contributed by atoms with van der Waals surface area (Å²) in [6.45, 7) is 8.02. The van der Waals surface area contributed by atoms with Gasteiger partial charge in [-0.3, -0.25) is 9.59 Å². The molecule has 0 heterocycles. The summed E-state index contributed by atoms with van der Waals surface area (Å²) in [6.07, 6.45) is 1.43. The van der Waals surface area contributed by atoms with Crippen molar-refractivity contribution in [3.8, 4) is 0 Å². The maximum atomic E-state index is 12.1. The molecule has 0 amide bonds. The number of methoxy groups -OCH3 is 2. The number of carbonyl (C=O) groups is 2. The van der Waals surface area contributed by atoms with Crippen LogP contribution in [0.25, 0.3) is 0 Å². The van der Waals surface area contributed by atoms with Gasteiger partial charge in [-0.25, -0.2) is 0 Å². The first-order chi connectivity index (χ1) is 9.70. The van der Waals surface area contributed by atoms with E-state index in [1.54, 1.807) is 7.11 Å². The smallest absolute Gasteiger partial charge is 0.320 e. The summed E-state index contributed by atoms with van der Waals surface area (Å²) in [7, 11) is 2.90. The predicted octanol–water partition coefficient (Wildman–Crippen LogP) is 1.52. The van der Waals surface area contributed by atoms with E-state index in [-0.39, 0.29) is 25.1 Å². The lowest BCUT2D eigenvalue weighted by Gasteiger charge is -2.30. The minimum atomic E-state index is -0.778. The Morgan fingerprint density at radius 1 is 1.14 bits per heavy atom. The van der Waals surface area contributed by atoms with Crippen LogP contribution in [-0.4, -0.2) is 51.5 Å². The van der Waals surface area contributed by atoms with Crippen molar-refractivity contribution in [2.45, 2.75) is 46.1 Å². The van der Waals surface area contributed by atoms with Gasteiger partial charge in [-0.15, -0.1) is 0 Å². The summed E-state index contributed by atoms with van der Waals surface area (Å²) in [5.41, 5.74) is -1.30. The Morgan fingerprint density at radius 2 is 1.76 bits per heavy atom. The highest BCUT2D eigenvalue weighted by molar-refractivity contribution is 5.77. The van der Waals surface area contributed by atoms with Gasteiger partial charge in [0.15, 0.2) is 0 Å². The maximum Gasteiger partial charge on any atom is 0.320 e. The third-order valence-corrected chi connectivity index (χ3v) is 2.92. The first-order valence-corrected chi connectivity index (χ1v) is 7.20. The molecule has 0 bridgehead atoms. The van der Waals surface area contributed by atoms with Crippen LogP contribution in [0.15, 0.2) is 0 Å². The number of nitrogens with one attached hydrogen (secondary N) is 1. The van der Waals surface area contributed by atoms with Crippen LogP contribution >= 0.6 is 0 Å². The van der Waals surface area contributed by atoms with E-state index in [4.69, 9.17) is 14.2 Å². The minimum absolute atomic E-state index is 0.0451. The zero-order valence-electron chi connectivity index (χ0n) is 14.1. The maximum absolute atomic E-state index is 12.1. The highest BCUT2D eigenvalue weighted by atomic mass is 16.6. The van der Waals surface area contributed by atoms with Crippen molar-refractivity contribution in [3.63, 3.8) is 0 Å². The molecule has 0 aliphatic rings. The molecule has 0 spiro atoms. The van der Waals surface area contributed by atoms with E-state index in [1.165, 1.54) is 7.11 Å². The molecule has 0 aromatic carbocycles. The van der Waals surface area contributed by atoms with Gasteiger partial charge in [0.05, 0.1) is 20.3 Å². The van der Waals surface area contributed by atoms with Gasteiger partial charge in [-0.2, -0.15) is 0 Å². The topological polar surface area (TPSA) is 73.9 Å². The molecule has 21 heavy (non-hydrogen) atoms. The average Bonchev–Trinajstić information content (AvgIpc) is 2.35. The molecular formula is C15H29NO5. The number of hydrogen-bond acceptors (Lipinski definition) is 6. The molecular weight excluding hydrogens is 274 g/mol. The zero-order valence-corrected chi connectivity index (χ0v) is 14.1. The monoisotopic (exact) mass is 303 g/mol. The van der Waals surface area contributed by atoms with Crippen LogP contribution in [0.3, 0.4) is 0 Å². The molecule has 0 aromatic rings. The van der Waals surface area contributed by atoms with Gasteiger partial charge >= 0.3 is 11.9 Å². The van der Waals surface area contributed by atoms with Crippen molar-refractivity contribution in [1.29, 1.82) is 0 Å². The van der Waals surface area contributed by atoms with E-state index in [9.17, 15) is 9.59 Å². The fraction of sp³-hybridized carbons (Fsp3) is 0.867. The van der Waals surface area contributed by atoms with Gasteiger partial charge in [0.25, 0.3) is 0 Å². The van der Waals surface area contributed by atoms with Crippen LogP contribution in [0.1, 0.15) is 40.5 Å². The molecule has 0 saturated carbocycles. The van der Waals surface area contributed by atoms with Crippen molar-refractivity contribution in [2.75, 3.05) is 33.9 Å². The molecule has 124 valence electrons. The summed E-state index contributed by atoms with van der Waals surface area (Å²) in [5, 5.41) is 2.98. The summed E-state index contributed by atoms with van der Waals surface area (Å²) in [4.78, 5) is 23.7. The number of esters is 2. The van der Waals surface area contributed by atoms with E-state index in [2.05, 4.69) is 5.32 Å². The van der Waals surface area contributed by atoms with Gasteiger partial charge < -0.3 is 19.5 Å². The normalized spacial score (nSPS) is 14.4. The van der Waals surface area contributed by atoms with Gasteiger partial charge in [-0.1, -0.05) is 13.3 Å². The van der Waals surface area contributed by atoms with E-state index in [1.807, 2.05) is 27.7 Å². The Kier molecular flexibility index (Phi) is 8.51. The first-order valence-electron chi connectivity index (χ1n) is 7.20. The van der Waals surface area contributed by atoms with Gasteiger partial charge in [0.2, 0.25) is 0 Å². The molecule has 6 heteroatoms. The Bertz CT molecular complexity index is 329. The SMILES string of the molecule is CCCC(CNCC(=O)OC(C)(C)C)(COC)C(=O)OC. The summed E-state index contributed by atoms with van der Waals surface area (Å²) < 4.78 is 15.3. The highest BCUT2D eigenvalue weighted by Crippen LogP contribution is 2.25. The molecule has 0 aliphatic carbocycles. The fourth-order valence-corrected chi connectivity index (χ4v) is 2.20. The van der Waals surface area contributed by atoms with Crippen LogP contribution in [0.2, 0.25) is 0 Å². The number of carbonyl (C=O) groups excluding carboxylic acids is 2. The Morgan fingerprint density at radius 3 is 2.19 bits per heavy atom. The fourth-order valence-electron chi connectivity index (χ4n) is 2.20. The van der Waals surface area contributed by atoms with Crippen molar-refractivity contribution in [1.82, 2.24) is 5.32 Å². The average molecular weight is 303 g/mol. The van der Waals surface area contributed by atoms with Crippen molar-refractivity contribution >= 4 is 11.9 Å². The lowest BCUT2D eigenvalue weighted by Crippen LogP contribution is -2.46.